The van der Waals surface area contributed by atoms with Crippen LogP contribution in [-0.2, 0) is 9.59 Å². The predicted octanol–water partition coefficient (Wildman–Crippen LogP) is 3.37. The van der Waals surface area contributed by atoms with Crippen molar-refractivity contribution in [1.29, 1.82) is 0 Å². The monoisotopic (exact) mass is 350 g/mol. The quantitative estimate of drug-likeness (QED) is 0.716. The molecule has 0 aliphatic heterocycles. The number of carbonyl (C=O) groups is 2. The Balaban J connectivity index is 2.70. The summed E-state index contributed by atoms with van der Waals surface area (Å²) in [6, 6.07) is 5.28. The summed E-state index contributed by atoms with van der Waals surface area (Å²) in [5, 5.41) is 5.38. The maximum atomic E-state index is 12.0. The normalized spacial score (nSPS) is 10.9. The van der Waals surface area contributed by atoms with Gasteiger partial charge in [0.25, 0.3) is 0 Å². The van der Waals surface area contributed by atoms with Gasteiger partial charge in [-0.15, -0.1) is 0 Å². The Morgan fingerprint density at radius 1 is 1.00 bits per heavy atom. The average molecular weight is 350 g/mol. The Morgan fingerprint density at radius 2 is 1.60 bits per heavy atom. The number of benzene rings is 1. The number of nitrogens with one attached hydrogen (secondary N) is 2. The molecule has 0 aromatic heterocycles. The Kier molecular flexibility index (Phi) is 8.25. The lowest BCUT2D eigenvalue weighted by molar-refractivity contribution is -0.130. The zero-order chi connectivity index (χ0) is 18.9. The van der Waals surface area contributed by atoms with Gasteiger partial charge in [0.2, 0.25) is 11.8 Å². The molecular weight excluding hydrogens is 320 g/mol. The van der Waals surface area contributed by atoms with E-state index in [0.717, 1.165) is 12.8 Å². The first-order valence-electron chi connectivity index (χ1n) is 8.75. The number of hydrogen-bond donors (Lipinski definition) is 2. The number of carbonyl (C=O) groups excluding carboxylic acids is 2. The van der Waals surface area contributed by atoms with E-state index in [9.17, 15) is 9.59 Å². The van der Waals surface area contributed by atoms with Crippen LogP contribution in [0.15, 0.2) is 18.2 Å². The second kappa shape index (κ2) is 9.91. The summed E-state index contributed by atoms with van der Waals surface area (Å²) in [4.78, 5) is 23.8. The molecule has 0 spiro atoms. The van der Waals surface area contributed by atoms with E-state index in [1.54, 1.807) is 39.0 Å². The summed E-state index contributed by atoms with van der Waals surface area (Å²) in [5.74, 6) is 0.806. The van der Waals surface area contributed by atoms with Gasteiger partial charge in [0.1, 0.15) is 0 Å². The van der Waals surface area contributed by atoms with Crippen LogP contribution in [0.3, 0.4) is 0 Å². The molecular formula is C19H30N2O4. The highest BCUT2D eigenvalue weighted by atomic mass is 16.5. The zero-order valence-corrected chi connectivity index (χ0v) is 15.9. The summed E-state index contributed by atoms with van der Waals surface area (Å²) >= 11 is 0. The second-order valence-corrected chi connectivity index (χ2v) is 6.84. The fraction of sp³-hybridized carbons (Fsp3) is 0.579. The molecule has 0 aliphatic rings. The lowest BCUT2D eigenvalue weighted by Gasteiger charge is -2.17. The molecule has 2 N–H and O–H groups in total. The molecule has 2 amide bonds. The summed E-state index contributed by atoms with van der Waals surface area (Å²) in [7, 11) is 0. The van der Waals surface area contributed by atoms with Crippen LogP contribution < -0.4 is 20.1 Å². The van der Waals surface area contributed by atoms with Crippen molar-refractivity contribution >= 4 is 17.5 Å². The fourth-order valence-electron chi connectivity index (χ4n) is 1.87. The molecule has 1 rings (SSSR count). The third-order valence-corrected chi connectivity index (χ3v) is 3.24. The molecule has 0 fully saturated rings. The van der Waals surface area contributed by atoms with Gasteiger partial charge in [-0.05, 0) is 25.0 Å². The zero-order valence-electron chi connectivity index (χ0n) is 15.9. The summed E-state index contributed by atoms with van der Waals surface area (Å²) in [5.41, 5.74) is 0.0737. The highest BCUT2D eigenvalue weighted by Crippen LogP contribution is 2.31. The first kappa shape index (κ1) is 20.8. The molecule has 0 heterocycles. The van der Waals surface area contributed by atoms with Crippen molar-refractivity contribution in [1.82, 2.24) is 5.32 Å². The molecule has 1 aromatic carbocycles. The lowest BCUT2D eigenvalue weighted by Crippen LogP contribution is -2.39. The van der Waals surface area contributed by atoms with Gasteiger partial charge in [-0.1, -0.05) is 34.6 Å². The van der Waals surface area contributed by atoms with E-state index in [0.29, 0.717) is 30.4 Å². The van der Waals surface area contributed by atoms with Crippen molar-refractivity contribution in [3.8, 4) is 11.5 Å². The molecule has 6 heteroatoms. The van der Waals surface area contributed by atoms with Crippen LogP contribution in [0.1, 0.15) is 47.5 Å². The van der Waals surface area contributed by atoms with Gasteiger partial charge in [-0.3, -0.25) is 9.59 Å². The number of hydrogen-bond acceptors (Lipinski definition) is 4. The third kappa shape index (κ3) is 7.45. The molecule has 6 nitrogen and oxygen atoms in total. The van der Waals surface area contributed by atoms with Crippen molar-refractivity contribution < 1.29 is 19.1 Å². The molecule has 0 saturated heterocycles. The number of anilines is 1. The Bertz CT molecular complexity index is 579. The predicted molar refractivity (Wildman–Crippen MR) is 99.1 cm³/mol. The van der Waals surface area contributed by atoms with E-state index in [1.165, 1.54) is 0 Å². The second-order valence-electron chi connectivity index (χ2n) is 6.84. The van der Waals surface area contributed by atoms with E-state index < -0.39 is 5.41 Å². The van der Waals surface area contributed by atoms with Crippen molar-refractivity contribution in [2.75, 3.05) is 25.1 Å². The molecule has 0 radical (unpaired) electrons. The minimum Gasteiger partial charge on any atom is -0.490 e. The molecule has 25 heavy (non-hydrogen) atoms. The number of amides is 2. The Labute approximate surface area is 150 Å². The maximum absolute atomic E-state index is 12.0. The van der Waals surface area contributed by atoms with E-state index >= 15 is 0 Å². The number of ether oxygens (including phenoxy) is 2. The van der Waals surface area contributed by atoms with Crippen LogP contribution in [0, 0.1) is 5.41 Å². The fourth-order valence-corrected chi connectivity index (χ4v) is 1.87. The molecule has 0 atom stereocenters. The highest BCUT2D eigenvalue weighted by Gasteiger charge is 2.21. The largest absolute Gasteiger partial charge is 0.490 e. The third-order valence-electron chi connectivity index (χ3n) is 3.24. The van der Waals surface area contributed by atoms with Crippen molar-refractivity contribution in [2.24, 2.45) is 5.41 Å². The standard InChI is InChI=1S/C19H30N2O4/c1-6-10-24-15-9-8-14(12-16(15)25-11-7-2)21-17(22)13-20-18(23)19(3,4)5/h8-9,12H,6-7,10-11,13H2,1-5H3,(H,20,23)(H,21,22). The van der Waals surface area contributed by atoms with Gasteiger partial charge >= 0.3 is 0 Å². The van der Waals surface area contributed by atoms with Crippen LogP contribution in [-0.4, -0.2) is 31.6 Å². The van der Waals surface area contributed by atoms with Crippen LogP contribution >= 0.6 is 0 Å². The van der Waals surface area contributed by atoms with E-state index in [2.05, 4.69) is 10.6 Å². The van der Waals surface area contributed by atoms with E-state index in [4.69, 9.17) is 9.47 Å². The average Bonchev–Trinajstić information content (AvgIpc) is 2.56. The SMILES string of the molecule is CCCOc1ccc(NC(=O)CNC(=O)C(C)(C)C)cc1OCCC. The molecule has 0 unspecified atom stereocenters. The Hall–Kier alpha value is -2.24. The van der Waals surface area contributed by atoms with Gasteiger partial charge in [0.05, 0.1) is 19.8 Å². The minimum atomic E-state index is -0.528. The molecule has 0 saturated carbocycles. The lowest BCUT2D eigenvalue weighted by atomic mass is 9.96. The van der Waals surface area contributed by atoms with Crippen molar-refractivity contribution in [3.63, 3.8) is 0 Å². The number of rotatable bonds is 9. The van der Waals surface area contributed by atoms with Crippen LogP contribution in [0.2, 0.25) is 0 Å². The van der Waals surface area contributed by atoms with E-state index in [1.807, 2.05) is 13.8 Å². The Morgan fingerprint density at radius 3 is 2.16 bits per heavy atom. The van der Waals surface area contributed by atoms with Crippen LogP contribution in [0.4, 0.5) is 5.69 Å². The first-order valence-corrected chi connectivity index (χ1v) is 8.75. The smallest absolute Gasteiger partial charge is 0.243 e. The topological polar surface area (TPSA) is 76.7 Å². The van der Waals surface area contributed by atoms with Crippen molar-refractivity contribution in [3.05, 3.63) is 18.2 Å². The molecule has 0 aliphatic carbocycles. The van der Waals surface area contributed by atoms with Crippen molar-refractivity contribution in [2.45, 2.75) is 47.5 Å². The molecule has 0 bridgehead atoms. The van der Waals surface area contributed by atoms with Gasteiger partial charge in [0, 0.05) is 17.2 Å². The van der Waals surface area contributed by atoms with Gasteiger partial charge < -0.3 is 20.1 Å². The van der Waals surface area contributed by atoms with Gasteiger partial charge in [-0.2, -0.15) is 0 Å². The molecule has 140 valence electrons. The van der Waals surface area contributed by atoms with Crippen LogP contribution in [0.25, 0.3) is 0 Å². The van der Waals surface area contributed by atoms with Gasteiger partial charge in [-0.25, -0.2) is 0 Å². The minimum absolute atomic E-state index is 0.0741. The maximum Gasteiger partial charge on any atom is 0.243 e. The summed E-state index contributed by atoms with van der Waals surface area (Å²) in [6.07, 6.45) is 1.78. The highest BCUT2D eigenvalue weighted by molar-refractivity contribution is 5.95. The van der Waals surface area contributed by atoms with Gasteiger partial charge in [0.15, 0.2) is 11.5 Å². The molecule has 1 aromatic rings. The summed E-state index contributed by atoms with van der Waals surface area (Å²) < 4.78 is 11.4. The van der Waals surface area contributed by atoms with Crippen LogP contribution in [0.5, 0.6) is 11.5 Å². The first-order chi connectivity index (χ1) is 11.8. The summed E-state index contributed by atoms with van der Waals surface area (Å²) in [6.45, 7) is 10.6. The van der Waals surface area contributed by atoms with E-state index in [-0.39, 0.29) is 18.4 Å².